The van der Waals surface area contributed by atoms with Crippen molar-refractivity contribution in [2.24, 2.45) is 5.73 Å². The summed E-state index contributed by atoms with van der Waals surface area (Å²) in [7, 11) is 1.95. The van der Waals surface area contributed by atoms with Crippen LogP contribution in [-0.4, -0.2) is 29.1 Å². The molecule has 4 nitrogen and oxygen atoms in total. The molecule has 2 N–H and O–H groups in total. The molecule has 0 aliphatic rings. The van der Waals surface area contributed by atoms with Gasteiger partial charge in [0.1, 0.15) is 0 Å². The molecule has 0 unspecified atom stereocenters. The van der Waals surface area contributed by atoms with Gasteiger partial charge in [-0.1, -0.05) is 34.1 Å². The van der Waals surface area contributed by atoms with Gasteiger partial charge in [-0.05, 0) is 25.5 Å². The first-order valence-corrected chi connectivity index (χ1v) is 7.23. The fraction of sp³-hybridized carbons (Fsp3) is 0.333. The second-order valence-corrected chi connectivity index (χ2v) is 6.45. The number of benzene rings is 1. The van der Waals surface area contributed by atoms with E-state index in [4.69, 9.17) is 5.73 Å². The third-order valence-corrected chi connectivity index (χ3v) is 3.50. The standard InChI is InChI=1S/C15H19BrN4/c1-15(2,17)10-20(3)14-18-8-11(9-19-14)12-6-4-5-7-13(12)16/h4-9H,10,17H2,1-3H3. The molecule has 20 heavy (non-hydrogen) atoms. The molecule has 0 aliphatic heterocycles. The van der Waals surface area contributed by atoms with Crippen LogP contribution in [0.15, 0.2) is 41.1 Å². The van der Waals surface area contributed by atoms with E-state index < -0.39 is 0 Å². The summed E-state index contributed by atoms with van der Waals surface area (Å²) in [5.74, 6) is 0.680. The summed E-state index contributed by atoms with van der Waals surface area (Å²) >= 11 is 3.54. The van der Waals surface area contributed by atoms with Crippen molar-refractivity contribution < 1.29 is 0 Å². The minimum absolute atomic E-state index is 0.279. The number of likely N-dealkylation sites (N-methyl/N-ethyl adjacent to an activating group) is 1. The van der Waals surface area contributed by atoms with Crippen molar-refractivity contribution in [3.8, 4) is 11.1 Å². The molecule has 0 radical (unpaired) electrons. The SMILES string of the molecule is CN(CC(C)(C)N)c1ncc(-c2ccccc2Br)cn1. The van der Waals surface area contributed by atoms with Gasteiger partial charge in [-0.2, -0.15) is 0 Å². The summed E-state index contributed by atoms with van der Waals surface area (Å²) < 4.78 is 1.03. The lowest BCUT2D eigenvalue weighted by Crippen LogP contribution is -2.44. The highest BCUT2D eigenvalue weighted by molar-refractivity contribution is 9.10. The van der Waals surface area contributed by atoms with E-state index >= 15 is 0 Å². The Balaban J connectivity index is 2.21. The van der Waals surface area contributed by atoms with Gasteiger partial charge in [-0.15, -0.1) is 0 Å². The van der Waals surface area contributed by atoms with Gasteiger partial charge in [0, 0.05) is 41.6 Å². The Morgan fingerprint density at radius 3 is 2.35 bits per heavy atom. The zero-order valence-electron chi connectivity index (χ0n) is 12.0. The quantitative estimate of drug-likeness (QED) is 0.933. The molecule has 0 aliphatic carbocycles. The van der Waals surface area contributed by atoms with E-state index in [1.165, 1.54) is 0 Å². The highest BCUT2D eigenvalue weighted by atomic mass is 79.9. The van der Waals surface area contributed by atoms with E-state index in [-0.39, 0.29) is 5.54 Å². The predicted octanol–water partition coefficient (Wildman–Crippen LogP) is 3.08. The molecule has 1 heterocycles. The molecule has 0 atom stereocenters. The van der Waals surface area contributed by atoms with E-state index in [9.17, 15) is 0 Å². The Hall–Kier alpha value is -1.46. The molecule has 0 amide bonds. The number of halogens is 1. The number of nitrogens with zero attached hydrogens (tertiary/aromatic N) is 3. The first-order valence-electron chi connectivity index (χ1n) is 6.44. The Labute approximate surface area is 128 Å². The van der Waals surface area contributed by atoms with Crippen LogP contribution >= 0.6 is 15.9 Å². The molecule has 1 aromatic heterocycles. The maximum Gasteiger partial charge on any atom is 0.225 e. The molecule has 2 aromatic rings. The number of hydrogen-bond acceptors (Lipinski definition) is 4. The summed E-state index contributed by atoms with van der Waals surface area (Å²) in [5.41, 5.74) is 7.80. The van der Waals surface area contributed by atoms with E-state index in [1.54, 1.807) is 0 Å². The summed E-state index contributed by atoms with van der Waals surface area (Å²) in [5, 5.41) is 0. The Morgan fingerprint density at radius 2 is 1.80 bits per heavy atom. The van der Waals surface area contributed by atoms with Gasteiger partial charge in [-0.3, -0.25) is 0 Å². The summed E-state index contributed by atoms with van der Waals surface area (Å²) in [6.07, 6.45) is 3.67. The van der Waals surface area contributed by atoms with Gasteiger partial charge in [-0.25, -0.2) is 9.97 Å². The number of nitrogens with two attached hydrogens (primary N) is 1. The molecule has 0 spiro atoms. The highest BCUT2D eigenvalue weighted by Gasteiger charge is 2.16. The lowest BCUT2D eigenvalue weighted by molar-refractivity contribution is 0.515. The lowest BCUT2D eigenvalue weighted by Gasteiger charge is -2.26. The van der Waals surface area contributed by atoms with Crippen LogP contribution in [-0.2, 0) is 0 Å². The number of aromatic nitrogens is 2. The zero-order valence-corrected chi connectivity index (χ0v) is 13.6. The molecule has 2 rings (SSSR count). The molecule has 106 valence electrons. The average molecular weight is 335 g/mol. The van der Waals surface area contributed by atoms with Gasteiger partial charge in [0.2, 0.25) is 5.95 Å². The second kappa shape index (κ2) is 5.89. The summed E-state index contributed by atoms with van der Waals surface area (Å²) in [4.78, 5) is 10.8. The van der Waals surface area contributed by atoms with Crippen LogP contribution < -0.4 is 10.6 Å². The van der Waals surface area contributed by atoms with Gasteiger partial charge >= 0.3 is 0 Å². The Morgan fingerprint density at radius 1 is 1.20 bits per heavy atom. The predicted molar refractivity (Wildman–Crippen MR) is 86.7 cm³/mol. The van der Waals surface area contributed by atoms with E-state index in [0.29, 0.717) is 12.5 Å². The van der Waals surface area contributed by atoms with Crippen LogP contribution in [0, 0.1) is 0 Å². The Bertz CT molecular complexity index is 575. The van der Waals surface area contributed by atoms with Crippen LogP contribution in [0.3, 0.4) is 0 Å². The number of rotatable bonds is 4. The third kappa shape index (κ3) is 3.77. The van der Waals surface area contributed by atoms with Crippen molar-refractivity contribution in [1.82, 2.24) is 9.97 Å². The van der Waals surface area contributed by atoms with E-state index in [1.807, 2.05) is 62.5 Å². The maximum absolute atomic E-state index is 6.01. The van der Waals surface area contributed by atoms with Crippen molar-refractivity contribution in [1.29, 1.82) is 0 Å². The molecule has 0 fully saturated rings. The summed E-state index contributed by atoms with van der Waals surface area (Å²) in [6, 6.07) is 8.03. The Kier molecular flexibility index (Phi) is 4.40. The summed E-state index contributed by atoms with van der Waals surface area (Å²) in [6.45, 7) is 4.67. The first kappa shape index (κ1) is 14.9. The van der Waals surface area contributed by atoms with E-state index in [0.717, 1.165) is 15.6 Å². The zero-order chi connectivity index (χ0) is 14.8. The van der Waals surface area contributed by atoms with Gasteiger partial charge in [0.25, 0.3) is 0 Å². The first-order chi connectivity index (χ1) is 9.37. The van der Waals surface area contributed by atoms with E-state index in [2.05, 4.69) is 25.9 Å². The topological polar surface area (TPSA) is 55.0 Å². The molecular weight excluding hydrogens is 316 g/mol. The molecular formula is C15H19BrN4. The lowest BCUT2D eigenvalue weighted by atomic mass is 10.1. The van der Waals surface area contributed by atoms with Gasteiger partial charge in [0.05, 0.1) is 0 Å². The normalized spacial score (nSPS) is 11.4. The molecule has 1 aromatic carbocycles. The van der Waals surface area contributed by atoms with Gasteiger partial charge < -0.3 is 10.6 Å². The number of hydrogen-bond donors (Lipinski definition) is 1. The fourth-order valence-electron chi connectivity index (χ4n) is 2.03. The minimum atomic E-state index is -0.279. The van der Waals surface area contributed by atoms with Crippen LogP contribution in [0.2, 0.25) is 0 Å². The third-order valence-electron chi connectivity index (χ3n) is 2.81. The largest absolute Gasteiger partial charge is 0.342 e. The second-order valence-electron chi connectivity index (χ2n) is 5.60. The van der Waals surface area contributed by atoms with Crippen molar-refractivity contribution in [2.75, 3.05) is 18.5 Å². The van der Waals surface area contributed by atoms with Crippen molar-refractivity contribution >= 4 is 21.9 Å². The van der Waals surface area contributed by atoms with Crippen LogP contribution in [0.4, 0.5) is 5.95 Å². The average Bonchev–Trinajstić information content (AvgIpc) is 2.37. The highest BCUT2D eigenvalue weighted by Crippen LogP contribution is 2.27. The van der Waals surface area contributed by atoms with Gasteiger partial charge in [0.15, 0.2) is 0 Å². The maximum atomic E-state index is 6.01. The smallest absolute Gasteiger partial charge is 0.225 e. The molecule has 0 saturated carbocycles. The van der Waals surface area contributed by atoms with Crippen LogP contribution in [0.5, 0.6) is 0 Å². The van der Waals surface area contributed by atoms with Crippen molar-refractivity contribution in [3.05, 3.63) is 41.1 Å². The number of anilines is 1. The molecule has 5 heteroatoms. The molecule has 0 bridgehead atoms. The van der Waals surface area contributed by atoms with Crippen molar-refractivity contribution in [3.63, 3.8) is 0 Å². The minimum Gasteiger partial charge on any atom is -0.342 e. The van der Waals surface area contributed by atoms with Crippen molar-refractivity contribution in [2.45, 2.75) is 19.4 Å². The van der Waals surface area contributed by atoms with Crippen LogP contribution in [0.1, 0.15) is 13.8 Å². The van der Waals surface area contributed by atoms with Crippen LogP contribution in [0.25, 0.3) is 11.1 Å². The molecule has 0 saturated heterocycles. The fourth-order valence-corrected chi connectivity index (χ4v) is 2.55. The monoisotopic (exact) mass is 334 g/mol.